The minimum atomic E-state index is -0.523. The molecule has 2 aromatic rings. The lowest BCUT2D eigenvalue weighted by molar-refractivity contribution is -0.0283. The van der Waals surface area contributed by atoms with Crippen LogP contribution in [0.2, 0.25) is 5.02 Å². The van der Waals surface area contributed by atoms with Gasteiger partial charge in [-0.25, -0.2) is 4.79 Å². The first kappa shape index (κ1) is 21.5. The molecule has 158 valence electrons. The molecule has 0 aliphatic carbocycles. The monoisotopic (exact) mass is 422 g/mol. The van der Waals surface area contributed by atoms with Crippen molar-refractivity contribution in [2.45, 2.75) is 51.4 Å². The lowest BCUT2D eigenvalue weighted by Gasteiger charge is -2.30. The van der Waals surface area contributed by atoms with Crippen LogP contribution in [0, 0.1) is 0 Å². The molecule has 2 unspecified atom stereocenters. The molecule has 7 nitrogen and oxygen atoms in total. The summed E-state index contributed by atoms with van der Waals surface area (Å²) in [7, 11) is 1.61. The average Bonchev–Trinajstić information content (AvgIpc) is 2.66. The minimum absolute atomic E-state index is 0.0734. The Morgan fingerprint density at radius 2 is 2.14 bits per heavy atom. The Morgan fingerprint density at radius 1 is 1.34 bits per heavy atom. The van der Waals surface area contributed by atoms with Crippen molar-refractivity contribution in [2.24, 2.45) is 0 Å². The van der Waals surface area contributed by atoms with Crippen molar-refractivity contribution < 1.29 is 23.7 Å². The Bertz CT molecular complexity index is 860. The molecule has 0 spiro atoms. The number of rotatable bonds is 5. The zero-order chi connectivity index (χ0) is 21.0. The predicted molar refractivity (Wildman–Crippen MR) is 111 cm³/mol. The van der Waals surface area contributed by atoms with Crippen LogP contribution in [0.15, 0.2) is 24.4 Å². The Balaban J connectivity index is 1.56. The second-order valence-corrected chi connectivity index (χ2v) is 8.41. The highest BCUT2D eigenvalue weighted by Gasteiger charge is 2.26. The van der Waals surface area contributed by atoms with Crippen LogP contribution in [0.3, 0.4) is 0 Å². The van der Waals surface area contributed by atoms with Crippen LogP contribution in [0.5, 0.6) is 11.5 Å². The van der Waals surface area contributed by atoms with E-state index in [4.69, 9.17) is 30.5 Å². The number of hydrogen-bond acceptors (Lipinski definition) is 6. The number of pyridine rings is 1. The smallest absolute Gasteiger partial charge is 0.407 e. The maximum Gasteiger partial charge on any atom is 0.407 e. The second-order valence-electron chi connectivity index (χ2n) is 8.01. The zero-order valence-corrected chi connectivity index (χ0v) is 17.9. The fourth-order valence-electron chi connectivity index (χ4n) is 3.10. The van der Waals surface area contributed by atoms with E-state index < -0.39 is 11.7 Å². The van der Waals surface area contributed by atoms with Gasteiger partial charge in [-0.3, -0.25) is 4.98 Å². The summed E-state index contributed by atoms with van der Waals surface area (Å²) >= 11 is 6.32. The molecule has 29 heavy (non-hydrogen) atoms. The maximum absolute atomic E-state index is 11.9. The van der Waals surface area contributed by atoms with E-state index in [1.165, 1.54) is 0 Å². The third-order valence-corrected chi connectivity index (χ3v) is 4.76. The summed E-state index contributed by atoms with van der Waals surface area (Å²) in [6.07, 6.45) is 2.60. The maximum atomic E-state index is 11.9. The van der Waals surface area contributed by atoms with E-state index in [-0.39, 0.29) is 12.1 Å². The van der Waals surface area contributed by atoms with Gasteiger partial charge in [0.25, 0.3) is 0 Å². The van der Waals surface area contributed by atoms with Gasteiger partial charge in [0.15, 0.2) is 0 Å². The van der Waals surface area contributed by atoms with Gasteiger partial charge in [-0.05, 0) is 51.8 Å². The first-order valence-corrected chi connectivity index (χ1v) is 9.99. The van der Waals surface area contributed by atoms with Crippen molar-refractivity contribution >= 4 is 28.6 Å². The molecular weight excluding hydrogens is 396 g/mol. The van der Waals surface area contributed by atoms with Gasteiger partial charge in [0, 0.05) is 11.6 Å². The van der Waals surface area contributed by atoms with E-state index >= 15 is 0 Å². The van der Waals surface area contributed by atoms with Crippen molar-refractivity contribution in [3.05, 3.63) is 29.4 Å². The Labute approximate surface area is 175 Å². The van der Waals surface area contributed by atoms with Crippen LogP contribution in [0.25, 0.3) is 10.9 Å². The molecule has 2 heterocycles. The third-order valence-electron chi connectivity index (χ3n) is 4.49. The SMILES string of the molecule is COc1ccc2ncc(Cl)c(OCC3CCC(NC(=O)OC(C)(C)C)CO3)c2c1. The molecule has 1 aromatic carbocycles. The van der Waals surface area contributed by atoms with E-state index in [2.05, 4.69) is 10.3 Å². The Morgan fingerprint density at radius 3 is 2.79 bits per heavy atom. The molecule has 0 radical (unpaired) electrons. The zero-order valence-electron chi connectivity index (χ0n) is 17.2. The Kier molecular flexibility index (Phi) is 6.70. The van der Waals surface area contributed by atoms with Gasteiger partial charge in [-0.1, -0.05) is 11.6 Å². The van der Waals surface area contributed by atoms with Crippen LogP contribution in [-0.4, -0.2) is 49.1 Å². The topological polar surface area (TPSA) is 78.9 Å². The van der Waals surface area contributed by atoms with E-state index in [1.54, 1.807) is 13.3 Å². The quantitative estimate of drug-likeness (QED) is 0.771. The number of ether oxygens (including phenoxy) is 4. The molecule has 2 atom stereocenters. The number of halogens is 1. The molecule has 1 saturated heterocycles. The van der Waals surface area contributed by atoms with Crippen molar-refractivity contribution in [2.75, 3.05) is 20.3 Å². The first-order valence-electron chi connectivity index (χ1n) is 9.61. The van der Waals surface area contributed by atoms with Gasteiger partial charge in [-0.15, -0.1) is 0 Å². The van der Waals surface area contributed by atoms with Crippen molar-refractivity contribution in [3.63, 3.8) is 0 Å². The molecule has 1 aromatic heterocycles. The molecule has 1 aliphatic rings. The van der Waals surface area contributed by atoms with Gasteiger partial charge < -0.3 is 24.3 Å². The summed E-state index contributed by atoms with van der Waals surface area (Å²) in [6.45, 7) is 6.27. The molecule has 3 rings (SSSR count). The number of benzene rings is 1. The number of nitrogens with zero attached hydrogens (tertiary/aromatic N) is 1. The van der Waals surface area contributed by atoms with E-state index in [1.807, 2.05) is 39.0 Å². The summed E-state index contributed by atoms with van der Waals surface area (Å²) in [4.78, 5) is 16.2. The first-order chi connectivity index (χ1) is 13.7. The summed E-state index contributed by atoms with van der Waals surface area (Å²) < 4.78 is 22.4. The molecule has 0 bridgehead atoms. The fourth-order valence-corrected chi connectivity index (χ4v) is 3.30. The number of aromatic nitrogens is 1. The van der Waals surface area contributed by atoms with Crippen LogP contribution in [0.4, 0.5) is 4.79 Å². The summed E-state index contributed by atoms with van der Waals surface area (Å²) in [5.74, 6) is 1.27. The summed E-state index contributed by atoms with van der Waals surface area (Å²) in [5.41, 5.74) is 0.252. The summed E-state index contributed by atoms with van der Waals surface area (Å²) in [6, 6.07) is 5.48. The van der Waals surface area contributed by atoms with Gasteiger partial charge in [-0.2, -0.15) is 0 Å². The number of methoxy groups -OCH3 is 1. The van der Waals surface area contributed by atoms with Crippen molar-refractivity contribution in [1.29, 1.82) is 0 Å². The number of carbonyl (C=O) groups excluding carboxylic acids is 1. The number of alkyl carbamates (subject to hydrolysis) is 1. The highest BCUT2D eigenvalue weighted by atomic mass is 35.5. The van der Waals surface area contributed by atoms with Crippen LogP contribution in [-0.2, 0) is 9.47 Å². The van der Waals surface area contributed by atoms with Crippen molar-refractivity contribution in [3.8, 4) is 11.5 Å². The molecule has 1 aliphatic heterocycles. The third kappa shape index (κ3) is 5.87. The Hall–Kier alpha value is -2.25. The normalized spacial score (nSPS) is 19.6. The molecule has 0 saturated carbocycles. The van der Waals surface area contributed by atoms with Crippen LogP contribution < -0.4 is 14.8 Å². The lowest BCUT2D eigenvalue weighted by Crippen LogP contribution is -2.45. The summed E-state index contributed by atoms with van der Waals surface area (Å²) in [5, 5.41) is 4.07. The fraction of sp³-hybridized carbons (Fsp3) is 0.524. The number of nitrogens with one attached hydrogen (secondary N) is 1. The molecule has 8 heteroatoms. The largest absolute Gasteiger partial charge is 0.497 e. The van der Waals surface area contributed by atoms with E-state index in [9.17, 15) is 4.79 Å². The molecule has 1 amide bonds. The molecule has 1 fully saturated rings. The average molecular weight is 423 g/mol. The predicted octanol–water partition coefficient (Wildman–Crippen LogP) is 4.35. The molecule has 1 N–H and O–H groups in total. The van der Waals surface area contributed by atoms with Gasteiger partial charge in [0.2, 0.25) is 0 Å². The highest BCUT2D eigenvalue weighted by molar-refractivity contribution is 6.33. The lowest BCUT2D eigenvalue weighted by atomic mass is 10.1. The number of amides is 1. The van der Waals surface area contributed by atoms with Crippen molar-refractivity contribution in [1.82, 2.24) is 10.3 Å². The molecular formula is C21H27ClN2O5. The van der Waals surface area contributed by atoms with Gasteiger partial charge in [0.05, 0.1) is 31.4 Å². The number of hydrogen-bond donors (Lipinski definition) is 1. The minimum Gasteiger partial charge on any atom is -0.497 e. The van der Waals surface area contributed by atoms with Gasteiger partial charge in [0.1, 0.15) is 28.7 Å². The second kappa shape index (κ2) is 9.05. The number of fused-ring (bicyclic) bond motifs is 1. The van der Waals surface area contributed by atoms with E-state index in [0.717, 1.165) is 23.7 Å². The van der Waals surface area contributed by atoms with Crippen LogP contribution in [0.1, 0.15) is 33.6 Å². The standard InChI is InChI=1S/C21H27ClN2O5/c1-21(2,3)29-20(25)24-13-5-6-15(27-11-13)12-28-19-16-9-14(26-4)7-8-18(16)23-10-17(19)22/h7-10,13,15H,5-6,11-12H2,1-4H3,(H,24,25). The van der Waals surface area contributed by atoms with Crippen LogP contribution >= 0.6 is 11.6 Å². The number of carbonyl (C=O) groups is 1. The van der Waals surface area contributed by atoms with Gasteiger partial charge >= 0.3 is 6.09 Å². The van der Waals surface area contributed by atoms with E-state index in [0.29, 0.717) is 29.7 Å². The highest BCUT2D eigenvalue weighted by Crippen LogP contribution is 2.34.